The summed E-state index contributed by atoms with van der Waals surface area (Å²) in [4.78, 5) is 0. The Kier molecular flexibility index (Phi) is 6.43. The zero-order chi connectivity index (χ0) is 17.7. The number of thiocarbonyl (C=S) groups is 1. The molecule has 6 heteroatoms. The number of benzene rings is 2. The van der Waals surface area contributed by atoms with Crippen LogP contribution in [-0.2, 0) is 17.8 Å². The van der Waals surface area contributed by atoms with Crippen molar-refractivity contribution in [3.63, 3.8) is 0 Å². The van der Waals surface area contributed by atoms with Gasteiger partial charge in [-0.25, -0.2) is 0 Å². The molecular formula is C18H20ClNO3S. The molecule has 4 nitrogen and oxygen atoms in total. The fraction of sp³-hybridized carbons (Fsp3) is 0.278. The van der Waals surface area contributed by atoms with E-state index in [4.69, 9.17) is 33.3 Å². The average Bonchev–Trinajstić information content (AvgIpc) is 2.59. The van der Waals surface area contributed by atoms with Crippen LogP contribution in [0.25, 0.3) is 0 Å². The van der Waals surface area contributed by atoms with Crippen molar-refractivity contribution in [1.29, 1.82) is 0 Å². The van der Waals surface area contributed by atoms with Crippen molar-refractivity contribution in [3.05, 3.63) is 58.1 Å². The molecule has 2 rings (SSSR count). The smallest absolute Gasteiger partial charge is 0.288 e. The van der Waals surface area contributed by atoms with Crippen LogP contribution in [0.2, 0.25) is 5.02 Å². The van der Waals surface area contributed by atoms with Crippen LogP contribution in [-0.4, -0.2) is 17.5 Å². The predicted octanol–water partition coefficient (Wildman–Crippen LogP) is 4.92. The van der Waals surface area contributed by atoms with Gasteiger partial charge in [-0.15, -0.1) is 0 Å². The summed E-state index contributed by atoms with van der Waals surface area (Å²) < 4.78 is 10.8. The lowest BCUT2D eigenvalue weighted by molar-refractivity contribution is 0.264. The third-order valence-electron chi connectivity index (χ3n) is 3.65. The van der Waals surface area contributed by atoms with Gasteiger partial charge in [0.1, 0.15) is 12.4 Å². The van der Waals surface area contributed by atoms with E-state index >= 15 is 0 Å². The Balaban J connectivity index is 2.23. The van der Waals surface area contributed by atoms with E-state index in [0.717, 1.165) is 22.8 Å². The topological polar surface area (TPSA) is 41.9 Å². The van der Waals surface area contributed by atoms with E-state index in [1.807, 2.05) is 19.1 Å². The standard InChI is InChI=1S/C18H20ClNO3S/c1-4-13-5-8-17(12(2)9-13)23-11-14-10-15(19)6-7-16(14)20(21)18(24)22-3/h5-10,21H,4,11H2,1-3H3. The monoisotopic (exact) mass is 365 g/mol. The van der Waals surface area contributed by atoms with Gasteiger partial charge in [0.2, 0.25) is 0 Å². The highest BCUT2D eigenvalue weighted by molar-refractivity contribution is 7.80. The Bertz CT molecular complexity index is 736. The first-order valence-corrected chi connectivity index (χ1v) is 8.32. The highest BCUT2D eigenvalue weighted by Gasteiger charge is 2.15. The number of halogens is 1. The number of ether oxygens (including phenoxy) is 2. The van der Waals surface area contributed by atoms with Crippen molar-refractivity contribution in [2.45, 2.75) is 26.9 Å². The molecule has 0 saturated carbocycles. The zero-order valence-electron chi connectivity index (χ0n) is 13.9. The number of hydrogen-bond acceptors (Lipinski definition) is 4. The van der Waals surface area contributed by atoms with E-state index < -0.39 is 0 Å². The summed E-state index contributed by atoms with van der Waals surface area (Å²) in [5.74, 6) is 0.789. The van der Waals surface area contributed by atoms with Crippen molar-refractivity contribution in [1.82, 2.24) is 0 Å². The maximum Gasteiger partial charge on any atom is 0.288 e. The second kappa shape index (κ2) is 8.33. The minimum absolute atomic E-state index is 0.0537. The van der Waals surface area contributed by atoms with Gasteiger partial charge in [0, 0.05) is 10.6 Å². The van der Waals surface area contributed by atoms with Crippen LogP contribution >= 0.6 is 23.8 Å². The minimum atomic E-state index is -0.0537. The number of anilines is 1. The molecule has 2 aromatic rings. The van der Waals surface area contributed by atoms with E-state index in [2.05, 4.69) is 13.0 Å². The Labute approximate surface area is 152 Å². The summed E-state index contributed by atoms with van der Waals surface area (Å²) in [5, 5.41) is 11.4. The molecule has 0 aliphatic heterocycles. The number of hydrogen-bond donors (Lipinski definition) is 1. The normalized spacial score (nSPS) is 10.4. The first-order valence-electron chi connectivity index (χ1n) is 7.54. The van der Waals surface area contributed by atoms with Gasteiger partial charge in [-0.05, 0) is 61.0 Å². The third-order valence-corrected chi connectivity index (χ3v) is 4.22. The first-order chi connectivity index (χ1) is 11.5. The van der Waals surface area contributed by atoms with E-state index in [-0.39, 0.29) is 11.8 Å². The average molecular weight is 366 g/mol. The van der Waals surface area contributed by atoms with Crippen molar-refractivity contribution < 1.29 is 14.7 Å². The van der Waals surface area contributed by atoms with Crippen LogP contribution in [0, 0.1) is 6.92 Å². The van der Waals surface area contributed by atoms with Gasteiger partial charge in [0.25, 0.3) is 5.17 Å². The maximum atomic E-state index is 10.1. The Hall–Kier alpha value is -1.82. The molecule has 128 valence electrons. The van der Waals surface area contributed by atoms with Crippen LogP contribution in [0.1, 0.15) is 23.6 Å². The van der Waals surface area contributed by atoms with Crippen molar-refractivity contribution >= 4 is 34.7 Å². The molecule has 0 atom stereocenters. The van der Waals surface area contributed by atoms with Crippen molar-refractivity contribution in [2.24, 2.45) is 0 Å². The van der Waals surface area contributed by atoms with E-state index in [1.54, 1.807) is 18.2 Å². The van der Waals surface area contributed by atoms with Gasteiger partial charge in [-0.1, -0.05) is 30.7 Å². The molecule has 0 aromatic heterocycles. The van der Waals surface area contributed by atoms with Crippen LogP contribution in [0.5, 0.6) is 5.75 Å². The largest absolute Gasteiger partial charge is 0.489 e. The molecule has 1 N–H and O–H groups in total. The summed E-state index contributed by atoms with van der Waals surface area (Å²) >= 11 is 11.0. The molecule has 0 unspecified atom stereocenters. The SMILES string of the molecule is CCc1ccc(OCc2cc(Cl)ccc2N(O)C(=S)OC)c(C)c1. The Morgan fingerprint density at radius 3 is 2.62 bits per heavy atom. The lowest BCUT2D eigenvalue weighted by atomic mass is 10.1. The number of rotatable bonds is 5. The lowest BCUT2D eigenvalue weighted by Gasteiger charge is -2.20. The predicted molar refractivity (Wildman–Crippen MR) is 100 cm³/mol. The van der Waals surface area contributed by atoms with Crippen molar-refractivity contribution in [2.75, 3.05) is 12.2 Å². The fourth-order valence-corrected chi connectivity index (χ4v) is 2.60. The quantitative estimate of drug-likeness (QED) is 0.602. The molecule has 2 aromatic carbocycles. The summed E-state index contributed by atoms with van der Waals surface area (Å²) in [5.41, 5.74) is 3.49. The fourth-order valence-electron chi connectivity index (χ4n) is 2.31. The van der Waals surface area contributed by atoms with Gasteiger partial charge in [0.15, 0.2) is 0 Å². The van der Waals surface area contributed by atoms with Crippen molar-refractivity contribution in [3.8, 4) is 5.75 Å². The molecular weight excluding hydrogens is 346 g/mol. The third kappa shape index (κ3) is 4.38. The van der Waals surface area contributed by atoms with Crippen LogP contribution in [0.15, 0.2) is 36.4 Å². The lowest BCUT2D eigenvalue weighted by Crippen LogP contribution is -2.27. The molecule has 0 bridgehead atoms. The Morgan fingerprint density at radius 1 is 1.25 bits per heavy atom. The molecule has 0 heterocycles. The van der Waals surface area contributed by atoms with Gasteiger partial charge in [-0.3, -0.25) is 5.21 Å². The first kappa shape index (κ1) is 18.5. The summed E-state index contributed by atoms with van der Waals surface area (Å²) in [7, 11) is 1.40. The van der Waals surface area contributed by atoms with E-state index in [9.17, 15) is 5.21 Å². The van der Waals surface area contributed by atoms with Crippen LogP contribution in [0.3, 0.4) is 0 Å². The molecule has 24 heavy (non-hydrogen) atoms. The van der Waals surface area contributed by atoms with E-state index in [0.29, 0.717) is 16.3 Å². The molecule has 0 spiro atoms. The van der Waals surface area contributed by atoms with E-state index in [1.165, 1.54) is 12.7 Å². The second-order valence-electron chi connectivity index (χ2n) is 5.30. The molecule has 0 amide bonds. The van der Waals surface area contributed by atoms with Gasteiger partial charge >= 0.3 is 0 Å². The van der Waals surface area contributed by atoms with Crippen LogP contribution in [0.4, 0.5) is 5.69 Å². The Morgan fingerprint density at radius 2 is 2.00 bits per heavy atom. The summed E-state index contributed by atoms with van der Waals surface area (Å²) in [6, 6.07) is 11.2. The molecule has 0 fully saturated rings. The van der Waals surface area contributed by atoms with Gasteiger partial charge in [-0.2, -0.15) is 5.06 Å². The maximum absolute atomic E-state index is 10.1. The number of aryl methyl sites for hydroxylation is 2. The number of hydroxylamine groups is 1. The number of nitrogens with zero attached hydrogens (tertiary/aromatic N) is 1. The molecule has 0 aliphatic carbocycles. The molecule has 0 aliphatic rings. The minimum Gasteiger partial charge on any atom is -0.489 e. The second-order valence-corrected chi connectivity index (χ2v) is 6.08. The summed E-state index contributed by atoms with van der Waals surface area (Å²) in [6.45, 7) is 4.36. The number of methoxy groups -OCH3 is 1. The summed E-state index contributed by atoms with van der Waals surface area (Å²) in [6.07, 6.45) is 0.980. The zero-order valence-corrected chi connectivity index (χ0v) is 15.4. The highest BCUT2D eigenvalue weighted by atomic mass is 35.5. The van der Waals surface area contributed by atoms with Gasteiger partial charge < -0.3 is 9.47 Å². The molecule has 0 radical (unpaired) electrons. The molecule has 0 saturated heterocycles. The van der Waals surface area contributed by atoms with Crippen LogP contribution < -0.4 is 9.80 Å². The van der Waals surface area contributed by atoms with Gasteiger partial charge in [0.05, 0.1) is 12.8 Å². The highest BCUT2D eigenvalue weighted by Crippen LogP contribution is 2.27.